The van der Waals surface area contributed by atoms with E-state index >= 15 is 0 Å². The molecule has 0 aliphatic heterocycles. The third-order valence-electron chi connectivity index (χ3n) is 3.14. The van der Waals surface area contributed by atoms with Gasteiger partial charge in [-0.05, 0) is 29.5 Å². The summed E-state index contributed by atoms with van der Waals surface area (Å²) in [6.07, 6.45) is 1.84. The molecule has 2 aromatic rings. The molecule has 0 aliphatic carbocycles. The van der Waals surface area contributed by atoms with Crippen molar-refractivity contribution in [2.24, 2.45) is 5.92 Å². The molecule has 1 unspecified atom stereocenters. The predicted octanol–water partition coefficient (Wildman–Crippen LogP) is 1.91. The second-order valence-electron chi connectivity index (χ2n) is 4.79. The maximum Gasteiger partial charge on any atom is 0.251 e. The zero-order valence-corrected chi connectivity index (χ0v) is 10.6. The largest absolute Gasteiger partial charge is 0.394 e. The average Bonchev–Trinajstić information content (AvgIpc) is 2.82. The third kappa shape index (κ3) is 2.54. The van der Waals surface area contributed by atoms with E-state index in [0.717, 1.165) is 10.9 Å². The first kappa shape index (κ1) is 12.6. The van der Waals surface area contributed by atoms with Gasteiger partial charge in [-0.1, -0.05) is 19.9 Å². The summed E-state index contributed by atoms with van der Waals surface area (Å²) in [6, 6.07) is 7.27. The van der Waals surface area contributed by atoms with Gasteiger partial charge in [0.2, 0.25) is 0 Å². The first-order chi connectivity index (χ1) is 8.61. The lowest BCUT2D eigenvalue weighted by atomic mass is 10.0. The van der Waals surface area contributed by atoms with Gasteiger partial charge in [0.05, 0.1) is 12.6 Å². The van der Waals surface area contributed by atoms with E-state index in [1.807, 2.05) is 38.2 Å². The van der Waals surface area contributed by atoms with Crippen molar-refractivity contribution in [2.45, 2.75) is 19.9 Å². The van der Waals surface area contributed by atoms with Crippen LogP contribution in [0.2, 0.25) is 0 Å². The van der Waals surface area contributed by atoms with Crippen molar-refractivity contribution >= 4 is 16.8 Å². The van der Waals surface area contributed by atoms with Gasteiger partial charge in [0.1, 0.15) is 0 Å². The lowest BCUT2D eigenvalue weighted by Gasteiger charge is -2.19. The second-order valence-corrected chi connectivity index (χ2v) is 4.79. The van der Waals surface area contributed by atoms with Gasteiger partial charge in [0.15, 0.2) is 0 Å². The fraction of sp³-hybridized carbons (Fsp3) is 0.357. The maximum absolute atomic E-state index is 12.0. The minimum atomic E-state index is -0.211. The minimum Gasteiger partial charge on any atom is -0.394 e. The molecule has 4 heteroatoms. The molecule has 96 valence electrons. The maximum atomic E-state index is 12.0. The van der Waals surface area contributed by atoms with Crippen molar-refractivity contribution in [1.29, 1.82) is 0 Å². The van der Waals surface area contributed by atoms with Gasteiger partial charge in [0, 0.05) is 17.3 Å². The van der Waals surface area contributed by atoms with Crippen LogP contribution in [-0.4, -0.2) is 28.6 Å². The molecular formula is C14H18N2O2. The highest BCUT2D eigenvalue weighted by atomic mass is 16.3. The molecule has 18 heavy (non-hydrogen) atoms. The normalized spacial score (nSPS) is 12.9. The Morgan fingerprint density at radius 2 is 2.17 bits per heavy atom. The van der Waals surface area contributed by atoms with Crippen LogP contribution in [0.3, 0.4) is 0 Å². The van der Waals surface area contributed by atoms with Crippen LogP contribution in [0.5, 0.6) is 0 Å². The Bertz CT molecular complexity index is 545. The molecule has 0 bridgehead atoms. The molecule has 0 fully saturated rings. The lowest BCUT2D eigenvalue weighted by Crippen LogP contribution is -2.41. The predicted molar refractivity (Wildman–Crippen MR) is 71.5 cm³/mol. The Morgan fingerprint density at radius 3 is 2.83 bits per heavy atom. The fourth-order valence-corrected chi connectivity index (χ4v) is 1.86. The number of nitrogens with one attached hydrogen (secondary N) is 2. The third-order valence-corrected chi connectivity index (χ3v) is 3.14. The van der Waals surface area contributed by atoms with Crippen LogP contribution in [-0.2, 0) is 0 Å². The molecule has 1 atom stereocenters. The van der Waals surface area contributed by atoms with Crippen LogP contribution >= 0.6 is 0 Å². The van der Waals surface area contributed by atoms with Crippen molar-refractivity contribution in [3.05, 3.63) is 36.0 Å². The van der Waals surface area contributed by atoms with Crippen molar-refractivity contribution < 1.29 is 9.90 Å². The number of amides is 1. The molecule has 1 heterocycles. The number of carbonyl (C=O) groups is 1. The highest BCUT2D eigenvalue weighted by molar-refractivity contribution is 5.98. The summed E-state index contributed by atoms with van der Waals surface area (Å²) in [5.41, 5.74) is 1.54. The van der Waals surface area contributed by atoms with Crippen LogP contribution in [0.25, 0.3) is 10.9 Å². The quantitative estimate of drug-likeness (QED) is 0.771. The topological polar surface area (TPSA) is 65.1 Å². The van der Waals surface area contributed by atoms with Crippen molar-refractivity contribution in [1.82, 2.24) is 10.3 Å². The van der Waals surface area contributed by atoms with E-state index in [1.165, 1.54) is 0 Å². The highest BCUT2D eigenvalue weighted by Crippen LogP contribution is 2.14. The lowest BCUT2D eigenvalue weighted by molar-refractivity contribution is 0.0897. The van der Waals surface area contributed by atoms with Crippen molar-refractivity contribution in [3.63, 3.8) is 0 Å². The van der Waals surface area contributed by atoms with Gasteiger partial charge in [-0.15, -0.1) is 0 Å². The zero-order valence-electron chi connectivity index (χ0n) is 10.6. The fourth-order valence-electron chi connectivity index (χ4n) is 1.86. The Morgan fingerprint density at radius 1 is 1.39 bits per heavy atom. The number of benzene rings is 1. The van der Waals surface area contributed by atoms with E-state index in [4.69, 9.17) is 0 Å². The van der Waals surface area contributed by atoms with Gasteiger partial charge in [-0.25, -0.2) is 0 Å². The molecule has 1 aromatic heterocycles. The van der Waals surface area contributed by atoms with Crippen LogP contribution in [0, 0.1) is 5.92 Å². The van der Waals surface area contributed by atoms with E-state index in [1.54, 1.807) is 6.07 Å². The Hall–Kier alpha value is -1.81. The monoisotopic (exact) mass is 246 g/mol. The number of fused-ring (bicyclic) bond motifs is 1. The molecule has 0 saturated heterocycles. The Labute approximate surface area is 106 Å². The molecule has 0 saturated carbocycles. The van der Waals surface area contributed by atoms with Gasteiger partial charge in [-0.3, -0.25) is 4.79 Å². The van der Waals surface area contributed by atoms with Crippen LogP contribution in [0.4, 0.5) is 0 Å². The van der Waals surface area contributed by atoms with Gasteiger partial charge in [-0.2, -0.15) is 0 Å². The van der Waals surface area contributed by atoms with E-state index in [0.29, 0.717) is 5.56 Å². The molecule has 1 aromatic carbocycles. The number of aliphatic hydroxyl groups is 1. The summed E-state index contributed by atoms with van der Waals surface area (Å²) in [6.45, 7) is 3.89. The molecule has 4 nitrogen and oxygen atoms in total. The number of H-pyrrole nitrogens is 1. The molecular weight excluding hydrogens is 228 g/mol. The van der Waals surface area contributed by atoms with Gasteiger partial charge >= 0.3 is 0 Å². The number of hydrogen-bond acceptors (Lipinski definition) is 2. The summed E-state index contributed by atoms with van der Waals surface area (Å²) in [4.78, 5) is 15.1. The summed E-state index contributed by atoms with van der Waals surface area (Å²) in [5.74, 6) is 0.0485. The molecule has 0 aliphatic rings. The number of aromatic nitrogens is 1. The summed E-state index contributed by atoms with van der Waals surface area (Å²) < 4.78 is 0. The number of rotatable bonds is 4. The van der Waals surface area contributed by atoms with E-state index in [-0.39, 0.29) is 24.5 Å². The molecule has 0 spiro atoms. The van der Waals surface area contributed by atoms with E-state index in [2.05, 4.69) is 10.3 Å². The Kier molecular flexibility index (Phi) is 3.67. The number of aromatic amines is 1. The number of carbonyl (C=O) groups excluding carboxylic acids is 1. The highest BCUT2D eigenvalue weighted by Gasteiger charge is 2.16. The Balaban J connectivity index is 2.17. The SMILES string of the molecule is CC(C)C(CO)NC(=O)c1ccc2cc[nH]c2c1. The first-order valence-electron chi connectivity index (χ1n) is 6.10. The average molecular weight is 246 g/mol. The number of aliphatic hydroxyl groups excluding tert-OH is 1. The van der Waals surface area contributed by atoms with Crippen molar-refractivity contribution in [2.75, 3.05) is 6.61 Å². The van der Waals surface area contributed by atoms with Crippen LogP contribution in [0.15, 0.2) is 30.5 Å². The second kappa shape index (κ2) is 5.23. The summed E-state index contributed by atoms with van der Waals surface area (Å²) in [7, 11) is 0. The van der Waals surface area contributed by atoms with Gasteiger partial charge in [0.25, 0.3) is 5.91 Å². The minimum absolute atomic E-state index is 0.0475. The van der Waals surface area contributed by atoms with Crippen LogP contribution in [0.1, 0.15) is 24.2 Å². The molecule has 1 amide bonds. The summed E-state index contributed by atoms with van der Waals surface area (Å²) in [5, 5.41) is 13.1. The standard InChI is InChI=1S/C14H18N2O2/c1-9(2)13(8-17)16-14(18)11-4-3-10-5-6-15-12(10)7-11/h3-7,9,13,15,17H,8H2,1-2H3,(H,16,18). The zero-order chi connectivity index (χ0) is 13.1. The number of hydrogen-bond donors (Lipinski definition) is 3. The van der Waals surface area contributed by atoms with Gasteiger partial charge < -0.3 is 15.4 Å². The first-order valence-corrected chi connectivity index (χ1v) is 6.10. The molecule has 2 rings (SSSR count). The van der Waals surface area contributed by atoms with E-state index < -0.39 is 0 Å². The molecule has 3 N–H and O–H groups in total. The smallest absolute Gasteiger partial charge is 0.251 e. The summed E-state index contributed by atoms with van der Waals surface area (Å²) >= 11 is 0. The van der Waals surface area contributed by atoms with Crippen molar-refractivity contribution in [3.8, 4) is 0 Å². The van der Waals surface area contributed by atoms with Crippen LogP contribution < -0.4 is 5.32 Å². The molecule has 0 radical (unpaired) electrons. The van der Waals surface area contributed by atoms with E-state index in [9.17, 15) is 9.90 Å².